The number of hydrogen-bond donors (Lipinski definition) is 1. The molecule has 1 heterocycles. The second kappa shape index (κ2) is 12.3. The Morgan fingerprint density at radius 3 is 2.33 bits per heavy atom. The molecule has 27 heavy (non-hydrogen) atoms. The first-order valence-corrected chi connectivity index (χ1v) is 10.6. The summed E-state index contributed by atoms with van der Waals surface area (Å²) in [6, 6.07) is 8.47. The molecule has 1 aliphatic heterocycles. The molecule has 0 bridgehead atoms. The van der Waals surface area contributed by atoms with Gasteiger partial charge in [0.05, 0.1) is 7.11 Å². The molecule has 154 valence electrons. The van der Waals surface area contributed by atoms with Crippen molar-refractivity contribution in [1.29, 1.82) is 0 Å². The van der Waals surface area contributed by atoms with Crippen molar-refractivity contribution in [3.8, 4) is 5.75 Å². The van der Waals surface area contributed by atoms with Crippen molar-refractivity contribution >= 4 is 0 Å². The molecule has 0 spiro atoms. The van der Waals surface area contributed by atoms with E-state index in [1.54, 1.807) is 7.11 Å². The third-order valence-electron chi connectivity index (χ3n) is 5.26. The standard InChI is InChI=1S/C22H40N4O/c1-20(2)18-26(19-21-7-4-8-22(17-21)27-3)12-6-11-25-15-13-24(14-16-25)10-5-9-23/h4,7-8,17,20H,5-6,9-16,18-19,23H2,1-3H3. The fourth-order valence-corrected chi connectivity index (χ4v) is 3.85. The highest BCUT2D eigenvalue weighted by atomic mass is 16.5. The second-order valence-corrected chi connectivity index (χ2v) is 8.16. The van der Waals surface area contributed by atoms with Gasteiger partial charge < -0.3 is 20.3 Å². The first kappa shape index (κ1) is 22.2. The predicted molar refractivity (Wildman–Crippen MR) is 114 cm³/mol. The maximum atomic E-state index is 5.62. The van der Waals surface area contributed by atoms with Crippen LogP contribution in [-0.4, -0.2) is 80.7 Å². The minimum atomic E-state index is 0.682. The topological polar surface area (TPSA) is 45.0 Å². The zero-order valence-corrected chi connectivity index (χ0v) is 17.7. The molecule has 0 aliphatic carbocycles. The number of hydrogen-bond acceptors (Lipinski definition) is 5. The first-order chi connectivity index (χ1) is 13.1. The first-order valence-electron chi connectivity index (χ1n) is 10.6. The van der Waals surface area contributed by atoms with Crippen LogP contribution in [0, 0.1) is 5.92 Å². The van der Waals surface area contributed by atoms with E-state index in [0.717, 1.165) is 44.9 Å². The van der Waals surface area contributed by atoms with Gasteiger partial charge in [-0.05, 0) is 62.6 Å². The van der Waals surface area contributed by atoms with Crippen LogP contribution < -0.4 is 10.5 Å². The monoisotopic (exact) mass is 376 g/mol. The van der Waals surface area contributed by atoms with Gasteiger partial charge in [0.15, 0.2) is 0 Å². The van der Waals surface area contributed by atoms with E-state index in [0.29, 0.717) is 5.92 Å². The van der Waals surface area contributed by atoms with E-state index in [1.807, 2.05) is 6.07 Å². The zero-order valence-electron chi connectivity index (χ0n) is 17.7. The number of rotatable bonds is 12. The van der Waals surface area contributed by atoms with Crippen LogP contribution in [0.15, 0.2) is 24.3 Å². The Bertz CT molecular complexity index is 515. The predicted octanol–water partition coefficient (Wildman–Crippen LogP) is 2.51. The van der Waals surface area contributed by atoms with Gasteiger partial charge in [-0.1, -0.05) is 26.0 Å². The Hall–Kier alpha value is -1.14. The van der Waals surface area contributed by atoms with Gasteiger partial charge in [-0.3, -0.25) is 4.90 Å². The number of nitrogens with zero attached hydrogens (tertiary/aromatic N) is 3. The van der Waals surface area contributed by atoms with E-state index in [9.17, 15) is 0 Å². The molecule has 1 aliphatic rings. The molecule has 0 saturated carbocycles. The minimum absolute atomic E-state index is 0.682. The summed E-state index contributed by atoms with van der Waals surface area (Å²) in [7, 11) is 1.74. The molecule has 1 saturated heterocycles. The van der Waals surface area contributed by atoms with Crippen LogP contribution in [-0.2, 0) is 6.54 Å². The lowest BCUT2D eigenvalue weighted by atomic mass is 10.1. The van der Waals surface area contributed by atoms with Crippen molar-refractivity contribution in [3.63, 3.8) is 0 Å². The second-order valence-electron chi connectivity index (χ2n) is 8.16. The third kappa shape index (κ3) is 8.60. The highest BCUT2D eigenvalue weighted by Crippen LogP contribution is 2.15. The molecule has 2 rings (SSSR count). The molecular weight excluding hydrogens is 336 g/mol. The molecule has 0 amide bonds. The van der Waals surface area contributed by atoms with Gasteiger partial charge in [0.25, 0.3) is 0 Å². The quantitative estimate of drug-likeness (QED) is 0.607. The maximum Gasteiger partial charge on any atom is 0.119 e. The lowest BCUT2D eigenvalue weighted by Crippen LogP contribution is -2.47. The summed E-state index contributed by atoms with van der Waals surface area (Å²) in [6.07, 6.45) is 2.36. The Morgan fingerprint density at radius 1 is 1.07 bits per heavy atom. The molecular formula is C22H40N4O. The fraction of sp³-hybridized carbons (Fsp3) is 0.727. The van der Waals surface area contributed by atoms with Gasteiger partial charge >= 0.3 is 0 Å². The highest BCUT2D eigenvalue weighted by Gasteiger charge is 2.16. The Morgan fingerprint density at radius 2 is 1.74 bits per heavy atom. The van der Waals surface area contributed by atoms with Crippen molar-refractivity contribution in [3.05, 3.63) is 29.8 Å². The maximum absolute atomic E-state index is 5.62. The summed E-state index contributed by atoms with van der Waals surface area (Å²) in [6.45, 7) is 15.9. The normalized spacial score (nSPS) is 16.4. The van der Waals surface area contributed by atoms with Gasteiger partial charge in [0.2, 0.25) is 0 Å². The minimum Gasteiger partial charge on any atom is -0.497 e. The van der Waals surface area contributed by atoms with Gasteiger partial charge in [-0.25, -0.2) is 0 Å². The average molecular weight is 377 g/mol. The van der Waals surface area contributed by atoms with Crippen LogP contribution in [0.1, 0.15) is 32.3 Å². The van der Waals surface area contributed by atoms with Crippen LogP contribution in [0.4, 0.5) is 0 Å². The van der Waals surface area contributed by atoms with Gasteiger partial charge in [-0.15, -0.1) is 0 Å². The lowest BCUT2D eigenvalue weighted by Gasteiger charge is -2.35. The molecule has 0 atom stereocenters. The van der Waals surface area contributed by atoms with Gasteiger partial charge in [0, 0.05) is 39.3 Å². The molecule has 0 radical (unpaired) electrons. The third-order valence-corrected chi connectivity index (χ3v) is 5.26. The van der Waals surface area contributed by atoms with E-state index in [1.165, 1.54) is 44.7 Å². The van der Waals surface area contributed by atoms with Crippen LogP contribution in [0.25, 0.3) is 0 Å². The van der Waals surface area contributed by atoms with E-state index < -0.39 is 0 Å². The summed E-state index contributed by atoms with van der Waals surface area (Å²) in [4.78, 5) is 7.77. The van der Waals surface area contributed by atoms with Crippen LogP contribution in [0.2, 0.25) is 0 Å². The lowest BCUT2D eigenvalue weighted by molar-refractivity contribution is 0.124. The Labute approximate surface area is 166 Å². The van der Waals surface area contributed by atoms with Crippen molar-refractivity contribution in [2.24, 2.45) is 11.7 Å². The SMILES string of the molecule is COc1cccc(CN(CCCN2CCN(CCCN)CC2)CC(C)C)c1. The highest BCUT2D eigenvalue weighted by molar-refractivity contribution is 5.28. The summed E-state index contributed by atoms with van der Waals surface area (Å²) in [5, 5.41) is 0. The summed E-state index contributed by atoms with van der Waals surface area (Å²) in [5.74, 6) is 1.63. The number of methoxy groups -OCH3 is 1. The molecule has 0 unspecified atom stereocenters. The number of ether oxygens (including phenoxy) is 1. The van der Waals surface area contributed by atoms with Crippen LogP contribution in [0.3, 0.4) is 0 Å². The zero-order chi connectivity index (χ0) is 19.5. The number of benzene rings is 1. The molecule has 1 fully saturated rings. The van der Waals surface area contributed by atoms with Crippen LogP contribution in [0.5, 0.6) is 5.75 Å². The van der Waals surface area contributed by atoms with Crippen molar-refractivity contribution in [2.45, 2.75) is 33.2 Å². The van der Waals surface area contributed by atoms with Gasteiger partial charge in [-0.2, -0.15) is 0 Å². The van der Waals surface area contributed by atoms with E-state index >= 15 is 0 Å². The van der Waals surface area contributed by atoms with E-state index in [4.69, 9.17) is 10.5 Å². The van der Waals surface area contributed by atoms with Gasteiger partial charge in [0.1, 0.15) is 5.75 Å². The van der Waals surface area contributed by atoms with Crippen LogP contribution >= 0.6 is 0 Å². The molecule has 5 nitrogen and oxygen atoms in total. The van der Waals surface area contributed by atoms with Crippen molar-refractivity contribution in [1.82, 2.24) is 14.7 Å². The molecule has 1 aromatic rings. The molecule has 2 N–H and O–H groups in total. The summed E-state index contributed by atoms with van der Waals surface area (Å²) in [5.41, 5.74) is 6.96. The fourth-order valence-electron chi connectivity index (χ4n) is 3.85. The van der Waals surface area contributed by atoms with E-state index in [-0.39, 0.29) is 0 Å². The number of nitrogens with two attached hydrogens (primary N) is 1. The number of piperazine rings is 1. The van der Waals surface area contributed by atoms with Crippen molar-refractivity contribution < 1.29 is 4.74 Å². The average Bonchev–Trinajstić information content (AvgIpc) is 2.67. The van der Waals surface area contributed by atoms with E-state index in [2.05, 4.69) is 46.7 Å². The Balaban J connectivity index is 1.74. The molecule has 1 aromatic carbocycles. The largest absolute Gasteiger partial charge is 0.497 e. The summed E-state index contributed by atoms with van der Waals surface area (Å²) < 4.78 is 5.38. The molecule has 5 heteroatoms. The molecule has 0 aromatic heterocycles. The summed E-state index contributed by atoms with van der Waals surface area (Å²) >= 11 is 0. The smallest absolute Gasteiger partial charge is 0.119 e. The van der Waals surface area contributed by atoms with Crippen molar-refractivity contribution in [2.75, 3.05) is 66.0 Å². The Kier molecular flexibility index (Phi) is 10.1.